The lowest BCUT2D eigenvalue weighted by atomic mass is 9.95. The van der Waals surface area contributed by atoms with Crippen LogP contribution in [0.1, 0.15) is 29.6 Å². The van der Waals surface area contributed by atoms with Crippen molar-refractivity contribution in [2.24, 2.45) is 0 Å². The summed E-state index contributed by atoms with van der Waals surface area (Å²) >= 11 is 0. The monoisotopic (exact) mass is 299 g/mol. The molecule has 6 nitrogen and oxygen atoms in total. The van der Waals surface area contributed by atoms with Crippen LogP contribution in [0.3, 0.4) is 0 Å². The summed E-state index contributed by atoms with van der Waals surface area (Å²) in [4.78, 5) is 16.1. The Morgan fingerprint density at radius 3 is 2.82 bits per heavy atom. The summed E-state index contributed by atoms with van der Waals surface area (Å²) in [5.74, 6) is 0.894. The van der Waals surface area contributed by atoms with Gasteiger partial charge in [0.05, 0.1) is 0 Å². The maximum absolute atomic E-state index is 12.3. The van der Waals surface area contributed by atoms with Crippen LogP contribution in [0.15, 0.2) is 41.3 Å². The third kappa shape index (κ3) is 2.57. The Bertz CT molecular complexity index is 654. The minimum absolute atomic E-state index is 0.0365. The first kappa shape index (κ1) is 13.3. The van der Waals surface area contributed by atoms with Gasteiger partial charge >= 0.3 is 5.95 Å². The van der Waals surface area contributed by atoms with Crippen LogP contribution in [0.25, 0.3) is 0 Å². The number of hydrogen-bond donors (Lipinski definition) is 2. The molecule has 4 rings (SSSR count). The van der Waals surface area contributed by atoms with Crippen LogP contribution < -0.4 is 15.4 Å². The second-order valence-electron chi connectivity index (χ2n) is 5.81. The van der Waals surface area contributed by atoms with Gasteiger partial charge in [-0.1, -0.05) is 0 Å². The van der Waals surface area contributed by atoms with Crippen molar-refractivity contribution >= 4 is 5.91 Å². The predicted molar refractivity (Wildman–Crippen MR) is 78.8 cm³/mol. The molecule has 3 heterocycles. The van der Waals surface area contributed by atoms with E-state index < -0.39 is 0 Å². The molecule has 2 fully saturated rings. The third-order valence-electron chi connectivity index (χ3n) is 4.36. The molecule has 114 valence electrons. The van der Waals surface area contributed by atoms with Gasteiger partial charge < -0.3 is 19.8 Å². The van der Waals surface area contributed by atoms with Crippen molar-refractivity contribution in [1.29, 1.82) is 0 Å². The molecule has 6 heteroatoms. The van der Waals surface area contributed by atoms with Crippen LogP contribution in [0.4, 0.5) is 0 Å². The normalized spacial score (nSPS) is 26.1. The number of amides is 1. The van der Waals surface area contributed by atoms with E-state index in [1.165, 1.54) is 19.0 Å². The summed E-state index contributed by atoms with van der Waals surface area (Å²) in [5.41, 5.74) is 0.632. The molecule has 22 heavy (non-hydrogen) atoms. The molecule has 1 aromatic carbocycles. The number of rotatable bonds is 4. The number of hydrogen-bond acceptors (Lipinski definition) is 5. The molecule has 3 atom stereocenters. The van der Waals surface area contributed by atoms with Crippen LogP contribution in [0.5, 0.6) is 11.7 Å². The molecule has 2 aliphatic rings. The van der Waals surface area contributed by atoms with Gasteiger partial charge in [-0.3, -0.25) is 4.79 Å². The van der Waals surface area contributed by atoms with Gasteiger partial charge in [-0.2, -0.15) is 0 Å². The third-order valence-corrected chi connectivity index (χ3v) is 4.36. The fourth-order valence-corrected chi connectivity index (χ4v) is 3.28. The quantitative estimate of drug-likeness (QED) is 0.904. The van der Waals surface area contributed by atoms with Crippen LogP contribution in [0.2, 0.25) is 0 Å². The maximum Gasteiger partial charge on any atom is 0.310 e. The van der Waals surface area contributed by atoms with E-state index in [1.54, 1.807) is 24.3 Å². The number of carbonyl (C=O) groups is 1. The molecular weight excluding hydrogens is 282 g/mol. The highest BCUT2D eigenvalue weighted by atomic mass is 16.6. The molecule has 0 unspecified atom stereocenters. The molecule has 2 aromatic rings. The van der Waals surface area contributed by atoms with Crippen molar-refractivity contribution in [2.45, 2.75) is 37.4 Å². The van der Waals surface area contributed by atoms with Gasteiger partial charge in [-0.15, -0.1) is 0 Å². The Labute approximate surface area is 127 Å². The average molecular weight is 299 g/mol. The highest BCUT2D eigenvalue weighted by Gasteiger charge is 2.39. The first-order valence-electron chi connectivity index (χ1n) is 7.51. The van der Waals surface area contributed by atoms with Crippen LogP contribution in [-0.4, -0.2) is 29.0 Å². The van der Waals surface area contributed by atoms with Crippen LogP contribution in [-0.2, 0) is 0 Å². The van der Waals surface area contributed by atoms with Gasteiger partial charge in [0.25, 0.3) is 5.91 Å². The first-order chi connectivity index (χ1) is 10.8. The number of benzene rings is 1. The summed E-state index contributed by atoms with van der Waals surface area (Å²) < 4.78 is 10.5. The summed E-state index contributed by atoms with van der Waals surface area (Å²) in [6, 6.07) is 8.25. The van der Waals surface area contributed by atoms with Crippen molar-refractivity contribution in [1.82, 2.24) is 15.6 Å². The Hall–Kier alpha value is -2.34. The molecule has 0 saturated carbocycles. The zero-order valence-corrected chi connectivity index (χ0v) is 12.0. The number of nitrogens with one attached hydrogen (secondary N) is 2. The average Bonchev–Trinajstić information content (AvgIpc) is 3.25. The lowest BCUT2D eigenvalue weighted by molar-refractivity contribution is 0.0931. The van der Waals surface area contributed by atoms with E-state index in [-0.39, 0.29) is 11.9 Å². The minimum Gasteiger partial charge on any atom is -0.425 e. The van der Waals surface area contributed by atoms with Gasteiger partial charge in [0, 0.05) is 23.7 Å². The summed E-state index contributed by atoms with van der Waals surface area (Å²) in [5, 5.41) is 6.64. The van der Waals surface area contributed by atoms with E-state index in [4.69, 9.17) is 9.15 Å². The van der Waals surface area contributed by atoms with Crippen molar-refractivity contribution < 1.29 is 13.9 Å². The summed E-state index contributed by atoms with van der Waals surface area (Å²) in [7, 11) is 0. The van der Waals surface area contributed by atoms with E-state index in [2.05, 4.69) is 15.6 Å². The minimum atomic E-state index is -0.0365. The van der Waals surface area contributed by atoms with Crippen molar-refractivity contribution in [3.05, 3.63) is 42.4 Å². The Morgan fingerprint density at radius 1 is 1.32 bits per heavy atom. The van der Waals surface area contributed by atoms with Gasteiger partial charge in [0.1, 0.15) is 11.9 Å². The predicted octanol–water partition coefficient (Wildman–Crippen LogP) is 2.09. The largest absolute Gasteiger partial charge is 0.425 e. The van der Waals surface area contributed by atoms with E-state index in [0.717, 1.165) is 12.8 Å². The molecule has 2 bridgehead atoms. The molecule has 2 N–H and O–H groups in total. The van der Waals surface area contributed by atoms with Gasteiger partial charge in [-0.05, 0) is 43.5 Å². The number of carbonyl (C=O) groups excluding carboxylic acids is 1. The number of nitrogens with zero attached hydrogens (tertiary/aromatic N) is 1. The molecule has 1 aromatic heterocycles. The zero-order valence-electron chi connectivity index (χ0n) is 12.0. The van der Waals surface area contributed by atoms with E-state index in [9.17, 15) is 4.79 Å². The molecule has 0 radical (unpaired) electrons. The number of ether oxygens (including phenoxy) is 1. The molecule has 0 aliphatic carbocycles. The fourth-order valence-electron chi connectivity index (χ4n) is 3.28. The summed E-state index contributed by atoms with van der Waals surface area (Å²) in [6.07, 6.45) is 6.20. The topological polar surface area (TPSA) is 76.4 Å². The van der Waals surface area contributed by atoms with Gasteiger partial charge in [0.2, 0.25) is 0 Å². The number of fused-ring (bicyclic) bond motifs is 2. The Kier molecular flexibility index (Phi) is 3.31. The zero-order chi connectivity index (χ0) is 14.9. The number of oxazole rings is 1. The standard InChI is InChI=1S/C16H17N3O3/c20-16(19-14-7-11-3-6-13(14)18-11)10-1-4-12(5-2-10)22-15-8-17-9-21-15/h1-2,4-5,8-9,11,13-14,18H,3,6-7H2,(H,19,20)/t11-,13+,14-/m1/s1. The van der Waals surface area contributed by atoms with E-state index in [1.807, 2.05) is 0 Å². The van der Waals surface area contributed by atoms with Crippen molar-refractivity contribution in [3.8, 4) is 11.7 Å². The van der Waals surface area contributed by atoms with Crippen molar-refractivity contribution in [3.63, 3.8) is 0 Å². The molecular formula is C16H17N3O3. The van der Waals surface area contributed by atoms with E-state index in [0.29, 0.717) is 29.3 Å². The second kappa shape index (κ2) is 5.46. The maximum atomic E-state index is 12.3. The number of aromatic nitrogens is 1. The molecule has 1 amide bonds. The highest BCUT2D eigenvalue weighted by molar-refractivity contribution is 5.94. The van der Waals surface area contributed by atoms with Crippen molar-refractivity contribution in [2.75, 3.05) is 0 Å². The Balaban J connectivity index is 1.38. The van der Waals surface area contributed by atoms with E-state index >= 15 is 0 Å². The first-order valence-corrected chi connectivity index (χ1v) is 7.51. The fraction of sp³-hybridized carbons (Fsp3) is 0.375. The molecule has 2 aliphatic heterocycles. The summed E-state index contributed by atoms with van der Waals surface area (Å²) in [6.45, 7) is 0. The Morgan fingerprint density at radius 2 is 2.18 bits per heavy atom. The highest BCUT2D eigenvalue weighted by Crippen LogP contribution is 2.28. The van der Waals surface area contributed by atoms with Crippen LogP contribution >= 0.6 is 0 Å². The molecule has 0 spiro atoms. The van der Waals surface area contributed by atoms with Crippen LogP contribution in [0, 0.1) is 0 Å². The van der Waals surface area contributed by atoms with Gasteiger partial charge in [-0.25, -0.2) is 4.98 Å². The van der Waals surface area contributed by atoms with Gasteiger partial charge in [0.15, 0.2) is 6.39 Å². The SMILES string of the molecule is O=C(N[C@@H]1C[C@H]2CC[C@@H]1N2)c1ccc(Oc2cnco2)cc1. The lowest BCUT2D eigenvalue weighted by Crippen LogP contribution is -2.42. The smallest absolute Gasteiger partial charge is 0.310 e. The second-order valence-corrected chi connectivity index (χ2v) is 5.81. The molecule has 2 saturated heterocycles. The lowest BCUT2D eigenvalue weighted by Gasteiger charge is -2.21.